The monoisotopic (exact) mass is 288 g/mol. The van der Waals surface area contributed by atoms with Crippen LogP contribution in [0.5, 0.6) is 5.75 Å². The van der Waals surface area contributed by atoms with Crippen molar-refractivity contribution in [2.75, 3.05) is 13.7 Å². The fourth-order valence-corrected chi connectivity index (χ4v) is 2.11. The van der Waals surface area contributed by atoms with E-state index in [1.165, 1.54) is 14.0 Å². The molecule has 0 aliphatic carbocycles. The second-order valence-electron chi connectivity index (χ2n) is 4.73. The molecule has 1 fully saturated rings. The van der Waals surface area contributed by atoms with Crippen LogP contribution in [0, 0.1) is 0 Å². The van der Waals surface area contributed by atoms with Crippen molar-refractivity contribution in [1.82, 2.24) is 9.55 Å². The third-order valence-electron chi connectivity index (χ3n) is 3.42. The maximum absolute atomic E-state index is 11.8. The van der Waals surface area contributed by atoms with Gasteiger partial charge in [-0.15, -0.1) is 0 Å². The number of rotatable bonds is 3. The summed E-state index contributed by atoms with van der Waals surface area (Å²) in [6.45, 7) is 0.752. The van der Waals surface area contributed by atoms with Crippen molar-refractivity contribution in [1.29, 1.82) is 0 Å². The standard InChI is InChI=1S/C11H16N2O7/c1-11(18)6(4-14)20-9(7(11)15)13-3-5(19-2)8(16)12-10(13)17/h3,6-7,9,14-15,18H,4H2,1-2H3,(H,12,16,17)/t6-,7+,9-,11-/m1/s1. The van der Waals surface area contributed by atoms with Crippen molar-refractivity contribution >= 4 is 0 Å². The van der Waals surface area contributed by atoms with Crippen LogP contribution in [0.25, 0.3) is 0 Å². The summed E-state index contributed by atoms with van der Waals surface area (Å²) in [6, 6.07) is 0. The molecule has 0 spiro atoms. The van der Waals surface area contributed by atoms with E-state index in [9.17, 15) is 19.8 Å². The van der Waals surface area contributed by atoms with Crippen LogP contribution >= 0.6 is 0 Å². The van der Waals surface area contributed by atoms with Crippen LogP contribution in [0.3, 0.4) is 0 Å². The quantitative estimate of drug-likeness (QED) is 0.485. The Balaban J connectivity index is 2.48. The van der Waals surface area contributed by atoms with Gasteiger partial charge in [0.1, 0.15) is 17.8 Å². The minimum Gasteiger partial charge on any atom is -0.490 e. The lowest BCUT2D eigenvalue weighted by molar-refractivity contribution is -0.0807. The normalized spacial score (nSPS) is 33.4. The second-order valence-corrected chi connectivity index (χ2v) is 4.73. The average Bonchev–Trinajstić information content (AvgIpc) is 2.61. The van der Waals surface area contributed by atoms with Crippen molar-refractivity contribution in [2.45, 2.75) is 31.0 Å². The highest BCUT2D eigenvalue weighted by atomic mass is 16.6. The summed E-state index contributed by atoms with van der Waals surface area (Å²) < 4.78 is 11.0. The van der Waals surface area contributed by atoms with Crippen LogP contribution < -0.4 is 16.0 Å². The summed E-state index contributed by atoms with van der Waals surface area (Å²) in [5, 5.41) is 29.3. The minimum atomic E-state index is -1.73. The van der Waals surface area contributed by atoms with Crippen LogP contribution in [0.2, 0.25) is 0 Å². The topological polar surface area (TPSA) is 134 Å². The van der Waals surface area contributed by atoms with Gasteiger partial charge in [0.2, 0.25) is 5.75 Å². The lowest BCUT2D eigenvalue weighted by Crippen LogP contribution is -2.47. The highest BCUT2D eigenvalue weighted by Crippen LogP contribution is 2.36. The van der Waals surface area contributed by atoms with Crippen molar-refractivity contribution in [3.05, 3.63) is 27.0 Å². The fraction of sp³-hybridized carbons (Fsp3) is 0.636. The van der Waals surface area contributed by atoms with Gasteiger partial charge in [-0.05, 0) is 6.92 Å². The molecule has 1 aromatic rings. The Morgan fingerprint density at radius 2 is 2.20 bits per heavy atom. The van der Waals surface area contributed by atoms with Gasteiger partial charge in [-0.3, -0.25) is 14.3 Å². The molecule has 4 N–H and O–H groups in total. The van der Waals surface area contributed by atoms with E-state index in [0.717, 1.165) is 10.8 Å². The zero-order chi connectivity index (χ0) is 15.1. The smallest absolute Gasteiger partial charge is 0.330 e. The Morgan fingerprint density at radius 1 is 1.55 bits per heavy atom. The predicted octanol–water partition coefficient (Wildman–Crippen LogP) is -2.45. The number of ether oxygens (including phenoxy) is 2. The number of aliphatic hydroxyl groups is 3. The van der Waals surface area contributed by atoms with Crippen LogP contribution in [0.4, 0.5) is 0 Å². The van der Waals surface area contributed by atoms with Gasteiger partial charge in [-0.25, -0.2) is 4.79 Å². The largest absolute Gasteiger partial charge is 0.490 e. The van der Waals surface area contributed by atoms with Crippen molar-refractivity contribution in [3.63, 3.8) is 0 Å². The van der Waals surface area contributed by atoms with E-state index in [1.807, 2.05) is 4.98 Å². The summed E-state index contributed by atoms with van der Waals surface area (Å²) in [7, 11) is 1.25. The molecular formula is C11H16N2O7. The molecule has 4 atom stereocenters. The fourth-order valence-electron chi connectivity index (χ4n) is 2.11. The Morgan fingerprint density at radius 3 is 2.70 bits per heavy atom. The highest BCUT2D eigenvalue weighted by Gasteiger charge is 2.52. The molecule has 9 heteroatoms. The molecule has 1 aliphatic rings. The molecule has 9 nitrogen and oxygen atoms in total. The first-order valence-electron chi connectivity index (χ1n) is 5.89. The first-order chi connectivity index (χ1) is 9.32. The maximum atomic E-state index is 11.8. The third kappa shape index (κ3) is 2.14. The van der Waals surface area contributed by atoms with Gasteiger partial charge in [0.25, 0.3) is 5.56 Å². The Bertz CT molecular complexity index is 606. The molecule has 0 radical (unpaired) electrons. The molecule has 1 saturated heterocycles. The second kappa shape index (κ2) is 5.02. The van der Waals surface area contributed by atoms with E-state index in [2.05, 4.69) is 0 Å². The summed E-state index contributed by atoms with van der Waals surface area (Å²) in [4.78, 5) is 25.2. The van der Waals surface area contributed by atoms with Gasteiger partial charge in [0.15, 0.2) is 6.23 Å². The van der Waals surface area contributed by atoms with Gasteiger partial charge in [0.05, 0.1) is 19.9 Å². The number of nitrogens with one attached hydrogen (secondary N) is 1. The van der Waals surface area contributed by atoms with Crippen molar-refractivity contribution in [3.8, 4) is 5.75 Å². The molecule has 112 valence electrons. The molecule has 0 unspecified atom stereocenters. The van der Waals surface area contributed by atoms with Crippen LogP contribution in [0.1, 0.15) is 13.2 Å². The number of hydrogen-bond acceptors (Lipinski definition) is 7. The van der Waals surface area contributed by atoms with Gasteiger partial charge >= 0.3 is 5.69 Å². The first kappa shape index (κ1) is 14.7. The van der Waals surface area contributed by atoms with E-state index in [4.69, 9.17) is 14.6 Å². The summed E-state index contributed by atoms with van der Waals surface area (Å²) in [5.74, 6) is -0.146. The lowest BCUT2D eigenvalue weighted by atomic mass is 9.95. The summed E-state index contributed by atoms with van der Waals surface area (Å²) in [6.07, 6.45) is -2.70. The molecule has 1 aromatic heterocycles. The number of aromatic amines is 1. The molecule has 0 bridgehead atoms. The van der Waals surface area contributed by atoms with Crippen molar-refractivity contribution < 1.29 is 24.8 Å². The number of aromatic nitrogens is 2. The van der Waals surface area contributed by atoms with E-state index in [1.54, 1.807) is 0 Å². The van der Waals surface area contributed by atoms with Crippen molar-refractivity contribution in [2.24, 2.45) is 0 Å². The Labute approximate surface area is 113 Å². The molecule has 2 rings (SSSR count). The number of methoxy groups -OCH3 is 1. The molecular weight excluding hydrogens is 272 g/mol. The summed E-state index contributed by atoms with van der Waals surface area (Å²) in [5.41, 5.74) is -3.27. The van der Waals surface area contributed by atoms with Crippen LogP contribution in [-0.2, 0) is 4.74 Å². The van der Waals surface area contributed by atoms with Crippen LogP contribution in [0.15, 0.2) is 15.8 Å². The molecule has 0 saturated carbocycles. The predicted molar refractivity (Wildman–Crippen MR) is 65.5 cm³/mol. The number of aliphatic hydroxyl groups excluding tert-OH is 2. The summed E-state index contributed by atoms with van der Waals surface area (Å²) >= 11 is 0. The van der Waals surface area contributed by atoms with E-state index >= 15 is 0 Å². The average molecular weight is 288 g/mol. The Hall–Kier alpha value is -1.68. The minimum absolute atomic E-state index is 0.146. The molecule has 1 aliphatic heterocycles. The first-order valence-corrected chi connectivity index (χ1v) is 5.89. The number of hydrogen-bond donors (Lipinski definition) is 4. The maximum Gasteiger partial charge on any atom is 0.330 e. The lowest BCUT2D eigenvalue weighted by Gasteiger charge is -2.25. The van der Waals surface area contributed by atoms with Gasteiger partial charge in [-0.1, -0.05) is 0 Å². The molecule has 0 amide bonds. The number of nitrogens with zero attached hydrogens (tertiary/aromatic N) is 1. The molecule has 0 aromatic carbocycles. The van der Waals surface area contributed by atoms with Gasteiger partial charge in [-0.2, -0.15) is 0 Å². The van der Waals surface area contributed by atoms with E-state index < -0.39 is 41.9 Å². The van der Waals surface area contributed by atoms with Gasteiger partial charge in [0, 0.05) is 0 Å². The third-order valence-corrected chi connectivity index (χ3v) is 3.42. The van der Waals surface area contributed by atoms with Crippen LogP contribution in [-0.4, -0.2) is 56.4 Å². The van der Waals surface area contributed by atoms with E-state index in [0.29, 0.717) is 0 Å². The van der Waals surface area contributed by atoms with E-state index in [-0.39, 0.29) is 5.75 Å². The van der Waals surface area contributed by atoms with Gasteiger partial charge < -0.3 is 24.8 Å². The zero-order valence-electron chi connectivity index (χ0n) is 10.9. The zero-order valence-corrected chi connectivity index (χ0v) is 10.9. The molecule has 20 heavy (non-hydrogen) atoms. The molecule has 2 heterocycles. The SMILES string of the molecule is COc1cn([C@@H]2O[C@H](CO)[C@@](C)(O)[C@H]2O)c(=O)[nH]c1=O. The highest BCUT2D eigenvalue weighted by molar-refractivity contribution is 5.13. The Kier molecular flexibility index (Phi) is 3.69. The number of H-pyrrole nitrogens is 1.